The molecular weight excluding hydrogens is 477 g/mol. The highest BCUT2D eigenvalue weighted by atomic mass is 35.5. The van der Waals surface area contributed by atoms with Crippen LogP contribution in [0.15, 0.2) is 43.8 Å². The lowest BCUT2D eigenvalue weighted by molar-refractivity contribution is 1.32. The van der Waals surface area contributed by atoms with Gasteiger partial charge in [0.25, 0.3) is 0 Å². The third kappa shape index (κ3) is 5.60. The molecule has 0 fully saturated rings. The maximum absolute atomic E-state index is 6.34. The molecule has 124 valence electrons. The summed E-state index contributed by atoms with van der Waals surface area (Å²) in [4.78, 5) is 3.22. The maximum atomic E-state index is 6.34. The van der Waals surface area contributed by atoms with Gasteiger partial charge in [0.05, 0.1) is 30.5 Å². The van der Waals surface area contributed by atoms with Crippen LogP contribution >= 0.6 is 105 Å². The van der Waals surface area contributed by atoms with E-state index in [4.69, 9.17) is 69.6 Å². The van der Waals surface area contributed by atoms with Gasteiger partial charge in [0, 0.05) is 19.6 Å². The van der Waals surface area contributed by atoms with E-state index in [1.165, 1.54) is 35.3 Å². The van der Waals surface area contributed by atoms with Gasteiger partial charge in [-0.25, -0.2) is 0 Å². The molecule has 0 nitrogen and oxygen atoms in total. The van der Waals surface area contributed by atoms with E-state index in [2.05, 4.69) is 0 Å². The third-order valence-corrected chi connectivity index (χ3v) is 7.53. The van der Waals surface area contributed by atoms with Crippen LogP contribution < -0.4 is 0 Å². The molecule has 0 unspecified atom stereocenters. The van der Waals surface area contributed by atoms with Crippen molar-refractivity contribution in [1.82, 2.24) is 0 Å². The minimum absolute atomic E-state index is 0.427. The van der Waals surface area contributed by atoms with E-state index in [0.29, 0.717) is 40.3 Å². The van der Waals surface area contributed by atoms with Crippen LogP contribution in [-0.2, 0) is 0 Å². The summed E-state index contributed by atoms with van der Waals surface area (Å²) in [7, 11) is 0. The second-order valence-electron chi connectivity index (χ2n) is 4.04. The highest BCUT2D eigenvalue weighted by Gasteiger charge is 2.16. The molecule has 0 saturated heterocycles. The Bertz CT molecular complexity index is 601. The summed E-state index contributed by atoms with van der Waals surface area (Å²) in [6.07, 6.45) is 0. The molecule has 0 aliphatic heterocycles. The Morgan fingerprint density at radius 2 is 0.913 bits per heavy atom. The Balaban J connectivity index is 2.36. The monoisotopic (exact) mass is 482 g/mol. The van der Waals surface area contributed by atoms with Crippen molar-refractivity contribution in [2.45, 2.75) is 19.6 Å². The third-order valence-electron chi connectivity index (χ3n) is 2.59. The minimum Gasteiger partial charge on any atom is -0.114 e. The second-order valence-corrected chi connectivity index (χ2v) is 9.96. The van der Waals surface area contributed by atoms with Crippen LogP contribution in [0, 0.1) is 0 Å². The highest BCUT2D eigenvalue weighted by molar-refractivity contribution is 8.01. The van der Waals surface area contributed by atoms with Crippen molar-refractivity contribution in [3.8, 4) is 0 Å². The van der Waals surface area contributed by atoms with Crippen molar-refractivity contribution in [2.24, 2.45) is 0 Å². The van der Waals surface area contributed by atoms with Gasteiger partial charge >= 0.3 is 0 Å². The van der Waals surface area contributed by atoms with Crippen molar-refractivity contribution in [3.63, 3.8) is 0 Å². The van der Waals surface area contributed by atoms with Crippen molar-refractivity contribution in [2.75, 3.05) is 10.4 Å². The Morgan fingerprint density at radius 1 is 0.609 bits per heavy atom. The summed E-state index contributed by atoms with van der Waals surface area (Å²) in [5, 5.41) is 2.97. The van der Waals surface area contributed by atoms with Gasteiger partial charge in [0.2, 0.25) is 0 Å². The Labute approximate surface area is 177 Å². The summed E-state index contributed by atoms with van der Waals surface area (Å²) in [6.45, 7) is 0. The lowest BCUT2D eigenvalue weighted by atomic mass is 10.3. The molecule has 0 saturated carbocycles. The first-order chi connectivity index (χ1) is 11.0. The molecule has 0 aromatic heterocycles. The molecule has 0 amide bonds. The van der Waals surface area contributed by atoms with Crippen LogP contribution in [0.3, 0.4) is 0 Å². The summed E-state index contributed by atoms with van der Waals surface area (Å²) in [6, 6.07) is 7.29. The molecule has 0 aliphatic rings. The van der Waals surface area contributed by atoms with E-state index in [1.54, 1.807) is 0 Å². The van der Waals surface area contributed by atoms with Crippen molar-refractivity contribution < 1.29 is 0 Å². The number of hydrogen-bond acceptors (Lipinski definition) is 3. The van der Waals surface area contributed by atoms with E-state index in [9.17, 15) is 0 Å². The molecule has 23 heavy (non-hydrogen) atoms. The largest absolute Gasteiger partial charge is 0.114 e. The Morgan fingerprint density at radius 3 is 1.17 bits per heavy atom. The standard InChI is InChI=1S/C14H8Cl6S3/c15-5-21-7-1-9(17)13(10(18)2-7)23-14-11(19)3-8(22-6-16)4-12(14)20/h1-4H,5-6H2. The number of rotatable bonds is 6. The predicted molar refractivity (Wildman–Crippen MR) is 110 cm³/mol. The molecule has 0 aliphatic carbocycles. The van der Waals surface area contributed by atoms with Crippen LogP contribution in [0.2, 0.25) is 20.1 Å². The summed E-state index contributed by atoms with van der Waals surface area (Å²) in [5.74, 6) is 0. The quantitative estimate of drug-likeness (QED) is 0.296. The number of thioether (sulfide) groups is 2. The number of halogens is 6. The summed E-state index contributed by atoms with van der Waals surface area (Å²) in [5.41, 5.74) is 0. The van der Waals surface area contributed by atoms with E-state index < -0.39 is 0 Å². The fraction of sp³-hybridized carbons (Fsp3) is 0.143. The average molecular weight is 485 g/mol. The Kier molecular flexibility index (Phi) is 8.75. The zero-order valence-electron chi connectivity index (χ0n) is 11.2. The fourth-order valence-electron chi connectivity index (χ4n) is 1.66. The van der Waals surface area contributed by atoms with E-state index in [1.807, 2.05) is 24.3 Å². The lowest BCUT2D eigenvalue weighted by Crippen LogP contribution is -1.84. The van der Waals surface area contributed by atoms with E-state index in [0.717, 1.165) is 9.79 Å². The van der Waals surface area contributed by atoms with Gasteiger partial charge in [0.15, 0.2) is 0 Å². The molecule has 2 rings (SSSR count). The van der Waals surface area contributed by atoms with Crippen LogP contribution in [0.5, 0.6) is 0 Å². The second kappa shape index (κ2) is 9.80. The van der Waals surface area contributed by atoms with Gasteiger partial charge in [-0.05, 0) is 24.3 Å². The van der Waals surface area contributed by atoms with Crippen molar-refractivity contribution >= 4 is 105 Å². The molecule has 2 aromatic carbocycles. The smallest absolute Gasteiger partial charge is 0.0727 e. The zero-order chi connectivity index (χ0) is 17.0. The van der Waals surface area contributed by atoms with E-state index in [-0.39, 0.29) is 0 Å². The van der Waals surface area contributed by atoms with Gasteiger partial charge in [-0.15, -0.1) is 46.7 Å². The lowest BCUT2D eigenvalue weighted by Gasteiger charge is -2.12. The number of alkyl halides is 2. The highest BCUT2D eigenvalue weighted by Crippen LogP contribution is 2.46. The van der Waals surface area contributed by atoms with Crippen LogP contribution in [-0.4, -0.2) is 10.4 Å². The first-order valence-electron chi connectivity index (χ1n) is 5.99. The van der Waals surface area contributed by atoms with Gasteiger partial charge in [-0.1, -0.05) is 58.2 Å². The first kappa shape index (κ1) is 20.5. The molecule has 0 atom stereocenters. The topological polar surface area (TPSA) is 0 Å². The molecule has 2 aromatic rings. The van der Waals surface area contributed by atoms with Crippen molar-refractivity contribution in [3.05, 3.63) is 44.4 Å². The molecule has 9 heteroatoms. The molecular formula is C14H8Cl6S3. The predicted octanol–water partition coefficient (Wildman–Crippen LogP) is 9.03. The van der Waals surface area contributed by atoms with Gasteiger partial charge < -0.3 is 0 Å². The minimum atomic E-state index is 0.427. The SMILES string of the molecule is ClCSc1cc(Cl)c(Sc2c(Cl)cc(SCCl)cc2Cl)c(Cl)c1. The molecule has 0 radical (unpaired) electrons. The van der Waals surface area contributed by atoms with E-state index >= 15 is 0 Å². The first-order valence-corrected chi connectivity index (χ1v) is 11.4. The zero-order valence-corrected chi connectivity index (χ0v) is 18.2. The number of benzene rings is 2. The maximum Gasteiger partial charge on any atom is 0.0727 e. The van der Waals surface area contributed by atoms with Gasteiger partial charge in [0.1, 0.15) is 0 Å². The fourth-order valence-corrected chi connectivity index (χ4v) is 6.00. The van der Waals surface area contributed by atoms with Crippen LogP contribution in [0.1, 0.15) is 0 Å². The Hall–Kier alpha value is 1.23. The van der Waals surface area contributed by atoms with Crippen molar-refractivity contribution in [1.29, 1.82) is 0 Å². The number of hydrogen-bond donors (Lipinski definition) is 0. The van der Waals surface area contributed by atoms with Gasteiger partial charge in [-0.2, -0.15) is 0 Å². The molecule has 0 N–H and O–H groups in total. The van der Waals surface area contributed by atoms with Crippen LogP contribution in [0.25, 0.3) is 0 Å². The molecule has 0 heterocycles. The molecule has 0 spiro atoms. The molecule has 0 bridgehead atoms. The summed E-state index contributed by atoms with van der Waals surface area (Å²) >= 11 is 41.0. The van der Waals surface area contributed by atoms with Crippen LogP contribution in [0.4, 0.5) is 0 Å². The average Bonchev–Trinajstić information content (AvgIpc) is 2.45. The normalized spacial score (nSPS) is 11.0. The van der Waals surface area contributed by atoms with Gasteiger partial charge in [-0.3, -0.25) is 0 Å². The summed E-state index contributed by atoms with van der Waals surface area (Å²) < 4.78 is 0.